The van der Waals surface area contributed by atoms with Crippen LogP contribution in [0.4, 0.5) is 10.1 Å². The molecule has 4 rings (SSSR count). The number of halogens is 2. The third-order valence-corrected chi connectivity index (χ3v) is 5.30. The van der Waals surface area contributed by atoms with E-state index in [0.29, 0.717) is 11.6 Å². The maximum absolute atomic E-state index is 14.5. The highest BCUT2D eigenvalue weighted by atomic mass is 79.9. The molecule has 23 heavy (non-hydrogen) atoms. The van der Waals surface area contributed by atoms with E-state index in [2.05, 4.69) is 39.5 Å². The summed E-state index contributed by atoms with van der Waals surface area (Å²) in [4.78, 5) is 0. The lowest BCUT2D eigenvalue weighted by Crippen LogP contribution is -2.29. The Morgan fingerprint density at radius 2 is 2.13 bits per heavy atom. The van der Waals surface area contributed by atoms with Crippen molar-refractivity contribution < 1.29 is 9.13 Å². The van der Waals surface area contributed by atoms with Gasteiger partial charge in [-0.3, -0.25) is 0 Å². The molecule has 1 heterocycles. The van der Waals surface area contributed by atoms with E-state index in [-0.39, 0.29) is 17.8 Å². The molecule has 0 spiro atoms. The maximum atomic E-state index is 14.5. The summed E-state index contributed by atoms with van der Waals surface area (Å²) in [5.74, 6) is 1.26. The molecule has 2 nitrogen and oxygen atoms in total. The normalized spacial score (nSPS) is 24.7. The monoisotopic (exact) mass is 373 g/mol. The van der Waals surface area contributed by atoms with Crippen molar-refractivity contribution in [2.75, 3.05) is 12.4 Å². The van der Waals surface area contributed by atoms with Crippen LogP contribution in [0.25, 0.3) is 0 Å². The van der Waals surface area contributed by atoms with Gasteiger partial charge in [0.1, 0.15) is 11.6 Å². The molecule has 0 saturated carbocycles. The van der Waals surface area contributed by atoms with Gasteiger partial charge in [0.2, 0.25) is 0 Å². The third kappa shape index (κ3) is 2.45. The number of anilines is 1. The lowest BCUT2D eigenvalue weighted by Gasteiger charge is -2.37. The Hall–Kier alpha value is -1.81. The molecular weight excluding hydrogens is 357 g/mol. The van der Waals surface area contributed by atoms with E-state index in [1.807, 2.05) is 24.3 Å². The number of nitrogens with one attached hydrogen (secondary N) is 1. The molecule has 1 N–H and O–H groups in total. The SMILES string of the molecule is COc1cccc([C@H]2Nc3c(F)cc(Br)cc3[C@H]3C=CC[C@@H]32)c1. The average molecular weight is 374 g/mol. The summed E-state index contributed by atoms with van der Waals surface area (Å²) in [6.07, 6.45) is 5.41. The number of hydrogen-bond donors (Lipinski definition) is 1. The van der Waals surface area contributed by atoms with Crippen LogP contribution in [0.15, 0.2) is 53.0 Å². The van der Waals surface area contributed by atoms with Crippen molar-refractivity contribution in [3.63, 3.8) is 0 Å². The van der Waals surface area contributed by atoms with Gasteiger partial charge in [-0.05, 0) is 47.7 Å². The fourth-order valence-electron chi connectivity index (χ4n) is 3.79. The van der Waals surface area contributed by atoms with Gasteiger partial charge in [0, 0.05) is 10.4 Å². The molecule has 1 aliphatic heterocycles. The molecule has 0 amide bonds. The Kier molecular flexibility index (Phi) is 3.64. The molecule has 0 aromatic heterocycles. The number of fused-ring (bicyclic) bond motifs is 3. The molecular formula is C19H17BrFNO. The third-order valence-electron chi connectivity index (χ3n) is 4.84. The van der Waals surface area contributed by atoms with E-state index in [9.17, 15) is 4.39 Å². The highest BCUT2D eigenvalue weighted by molar-refractivity contribution is 9.10. The van der Waals surface area contributed by atoms with Gasteiger partial charge in [0.25, 0.3) is 0 Å². The summed E-state index contributed by atoms with van der Waals surface area (Å²) in [7, 11) is 1.67. The second kappa shape index (κ2) is 5.68. The highest BCUT2D eigenvalue weighted by Crippen LogP contribution is 2.51. The fourth-order valence-corrected chi connectivity index (χ4v) is 4.23. The summed E-state index contributed by atoms with van der Waals surface area (Å²) >= 11 is 3.41. The number of ether oxygens (including phenoxy) is 1. The fraction of sp³-hybridized carbons (Fsp3) is 0.263. The van der Waals surface area contributed by atoms with Gasteiger partial charge < -0.3 is 10.1 Å². The first-order valence-electron chi connectivity index (χ1n) is 7.73. The first-order chi connectivity index (χ1) is 11.2. The van der Waals surface area contributed by atoms with Crippen LogP contribution in [0.1, 0.15) is 29.5 Å². The number of allylic oxidation sites excluding steroid dienone is 2. The van der Waals surface area contributed by atoms with Gasteiger partial charge in [-0.25, -0.2) is 4.39 Å². The van der Waals surface area contributed by atoms with Crippen LogP contribution in [0.3, 0.4) is 0 Å². The van der Waals surface area contributed by atoms with E-state index in [1.54, 1.807) is 7.11 Å². The molecule has 0 radical (unpaired) electrons. The van der Waals surface area contributed by atoms with Crippen molar-refractivity contribution in [2.24, 2.45) is 5.92 Å². The average Bonchev–Trinajstić information content (AvgIpc) is 3.04. The van der Waals surface area contributed by atoms with Gasteiger partial charge in [0.15, 0.2) is 0 Å². The minimum absolute atomic E-state index is 0.0771. The van der Waals surface area contributed by atoms with Crippen LogP contribution in [0.2, 0.25) is 0 Å². The first-order valence-corrected chi connectivity index (χ1v) is 8.53. The molecule has 2 aliphatic rings. The predicted molar refractivity (Wildman–Crippen MR) is 93.4 cm³/mol. The Balaban J connectivity index is 1.81. The van der Waals surface area contributed by atoms with Crippen molar-refractivity contribution >= 4 is 21.6 Å². The topological polar surface area (TPSA) is 21.3 Å². The molecule has 0 bridgehead atoms. The summed E-state index contributed by atoms with van der Waals surface area (Å²) < 4.78 is 20.6. The molecule has 0 saturated heterocycles. The van der Waals surface area contributed by atoms with E-state index >= 15 is 0 Å². The predicted octanol–water partition coefficient (Wildman–Crippen LogP) is 5.42. The van der Waals surface area contributed by atoms with Crippen LogP contribution in [-0.4, -0.2) is 7.11 Å². The van der Waals surface area contributed by atoms with Crippen LogP contribution < -0.4 is 10.1 Å². The minimum atomic E-state index is -0.207. The zero-order valence-electron chi connectivity index (χ0n) is 12.7. The standard InChI is InChI=1S/C19H17BrFNO/c1-23-13-5-2-4-11(8-13)18-15-7-3-6-14(15)16-9-12(20)10-17(21)19(16)22-18/h2-6,8-10,14-15,18,22H,7H2,1H3/t14-,15-,18+/m0/s1. The lowest BCUT2D eigenvalue weighted by molar-refractivity contribution is 0.405. The minimum Gasteiger partial charge on any atom is -0.497 e. The Morgan fingerprint density at radius 3 is 2.96 bits per heavy atom. The Labute approximate surface area is 143 Å². The van der Waals surface area contributed by atoms with Crippen LogP contribution in [-0.2, 0) is 0 Å². The van der Waals surface area contributed by atoms with E-state index in [0.717, 1.165) is 27.8 Å². The molecule has 118 valence electrons. The van der Waals surface area contributed by atoms with Crippen LogP contribution in [0.5, 0.6) is 5.75 Å². The molecule has 2 aromatic rings. The Bertz CT molecular complexity index is 789. The van der Waals surface area contributed by atoms with Gasteiger partial charge in [0.05, 0.1) is 18.8 Å². The Morgan fingerprint density at radius 1 is 1.26 bits per heavy atom. The largest absolute Gasteiger partial charge is 0.497 e. The number of methoxy groups -OCH3 is 1. The van der Waals surface area contributed by atoms with E-state index in [1.165, 1.54) is 6.07 Å². The van der Waals surface area contributed by atoms with Gasteiger partial charge in [-0.15, -0.1) is 0 Å². The van der Waals surface area contributed by atoms with Gasteiger partial charge >= 0.3 is 0 Å². The molecule has 0 unspecified atom stereocenters. The second-order valence-electron chi connectivity index (χ2n) is 6.10. The quantitative estimate of drug-likeness (QED) is 0.709. The summed E-state index contributed by atoms with van der Waals surface area (Å²) in [5.41, 5.74) is 2.79. The van der Waals surface area contributed by atoms with Gasteiger partial charge in [-0.2, -0.15) is 0 Å². The molecule has 2 aromatic carbocycles. The van der Waals surface area contributed by atoms with Crippen LogP contribution >= 0.6 is 15.9 Å². The number of benzene rings is 2. The molecule has 0 fully saturated rings. The van der Waals surface area contributed by atoms with Crippen molar-refractivity contribution in [1.82, 2.24) is 0 Å². The summed E-state index contributed by atoms with van der Waals surface area (Å²) in [5, 5.41) is 3.44. The van der Waals surface area contributed by atoms with Crippen LogP contribution in [0, 0.1) is 11.7 Å². The number of rotatable bonds is 2. The summed E-state index contributed by atoms with van der Waals surface area (Å²) in [6, 6.07) is 11.7. The molecule has 4 heteroatoms. The van der Waals surface area contributed by atoms with Crippen molar-refractivity contribution in [3.8, 4) is 5.75 Å². The highest BCUT2D eigenvalue weighted by Gasteiger charge is 2.39. The summed E-state index contributed by atoms with van der Waals surface area (Å²) in [6.45, 7) is 0. The lowest BCUT2D eigenvalue weighted by atomic mass is 9.77. The van der Waals surface area contributed by atoms with Gasteiger partial charge in [-0.1, -0.05) is 40.2 Å². The molecule has 3 atom stereocenters. The zero-order valence-corrected chi connectivity index (χ0v) is 14.3. The maximum Gasteiger partial charge on any atom is 0.147 e. The first kappa shape index (κ1) is 14.8. The van der Waals surface area contributed by atoms with E-state index < -0.39 is 0 Å². The zero-order chi connectivity index (χ0) is 16.0. The van der Waals surface area contributed by atoms with Crippen molar-refractivity contribution in [3.05, 3.63) is 70.0 Å². The van der Waals surface area contributed by atoms with Crippen molar-refractivity contribution in [1.29, 1.82) is 0 Å². The number of hydrogen-bond acceptors (Lipinski definition) is 2. The van der Waals surface area contributed by atoms with E-state index in [4.69, 9.17) is 4.74 Å². The smallest absolute Gasteiger partial charge is 0.147 e. The van der Waals surface area contributed by atoms with Crippen molar-refractivity contribution in [2.45, 2.75) is 18.4 Å². The molecule has 1 aliphatic carbocycles. The second-order valence-corrected chi connectivity index (χ2v) is 7.02.